The molecule has 1 heterocycles. The fourth-order valence-electron chi connectivity index (χ4n) is 2.65. The van der Waals surface area contributed by atoms with Crippen molar-refractivity contribution >= 4 is 21.8 Å². The number of hydrogen-bond acceptors (Lipinski definition) is 4. The maximum absolute atomic E-state index is 12.4. The quantitative estimate of drug-likeness (QED) is 0.755. The summed E-state index contributed by atoms with van der Waals surface area (Å²) < 4.78 is 12.2. The number of rotatable bonds is 7. The second kappa shape index (κ2) is 6.99. The van der Waals surface area contributed by atoms with Crippen LogP contribution in [0.4, 0.5) is 0 Å². The smallest absolute Gasteiger partial charge is 0.287 e. The summed E-state index contributed by atoms with van der Waals surface area (Å²) in [5.74, 6) is 1.84. The molecule has 6 heteroatoms. The zero-order chi connectivity index (χ0) is 17.2. The Morgan fingerprint density at radius 1 is 1.42 bits per heavy atom. The molecule has 1 atom stereocenters. The molecular formula is C18H21BrN2O3. The van der Waals surface area contributed by atoms with Crippen LogP contribution in [0.2, 0.25) is 0 Å². The van der Waals surface area contributed by atoms with Gasteiger partial charge in [-0.25, -0.2) is 0 Å². The average molecular weight is 393 g/mol. The molecule has 0 aliphatic heterocycles. The highest BCUT2D eigenvalue weighted by Crippen LogP contribution is 2.39. The van der Waals surface area contributed by atoms with Gasteiger partial charge in [0, 0.05) is 11.0 Å². The first kappa shape index (κ1) is 17.0. The third-order valence-electron chi connectivity index (χ3n) is 4.36. The largest absolute Gasteiger partial charge is 0.486 e. The highest BCUT2D eigenvalue weighted by Gasteiger charge is 2.42. The molecule has 5 nitrogen and oxygen atoms in total. The normalized spacial score (nSPS) is 16.5. The molecule has 0 spiro atoms. The van der Waals surface area contributed by atoms with Crippen molar-refractivity contribution in [1.82, 2.24) is 5.32 Å². The van der Waals surface area contributed by atoms with E-state index in [1.165, 1.54) is 0 Å². The van der Waals surface area contributed by atoms with Crippen molar-refractivity contribution in [3.05, 3.63) is 52.4 Å². The summed E-state index contributed by atoms with van der Waals surface area (Å²) in [6.45, 7) is 2.67. The lowest BCUT2D eigenvalue weighted by Gasteiger charge is -2.28. The van der Waals surface area contributed by atoms with Crippen LogP contribution in [0.3, 0.4) is 0 Å². The van der Waals surface area contributed by atoms with Crippen LogP contribution in [0.25, 0.3) is 0 Å². The van der Waals surface area contributed by atoms with E-state index in [0.29, 0.717) is 18.2 Å². The zero-order valence-electron chi connectivity index (χ0n) is 13.5. The van der Waals surface area contributed by atoms with Crippen molar-refractivity contribution < 1.29 is 13.9 Å². The fraction of sp³-hybridized carbons (Fsp3) is 0.389. The molecule has 0 radical (unpaired) electrons. The van der Waals surface area contributed by atoms with E-state index in [9.17, 15) is 4.79 Å². The number of nitrogens with two attached hydrogens (primary N) is 1. The molecule has 0 bridgehead atoms. The summed E-state index contributed by atoms with van der Waals surface area (Å²) in [5.41, 5.74) is 5.47. The first-order valence-electron chi connectivity index (χ1n) is 8.00. The van der Waals surface area contributed by atoms with Gasteiger partial charge in [-0.05, 0) is 56.0 Å². The van der Waals surface area contributed by atoms with Gasteiger partial charge in [0.15, 0.2) is 5.76 Å². The molecule has 2 aromatic rings. The van der Waals surface area contributed by atoms with Gasteiger partial charge in [-0.2, -0.15) is 0 Å². The van der Waals surface area contributed by atoms with Crippen LogP contribution in [-0.4, -0.2) is 18.0 Å². The average Bonchev–Trinajstić information content (AvgIpc) is 3.32. The lowest BCUT2D eigenvalue weighted by atomic mass is 9.96. The minimum absolute atomic E-state index is 0.233. The summed E-state index contributed by atoms with van der Waals surface area (Å²) >= 11 is 3.40. The predicted molar refractivity (Wildman–Crippen MR) is 94.8 cm³/mol. The van der Waals surface area contributed by atoms with Gasteiger partial charge < -0.3 is 20.2 Å². The Kier molecular flexibility index (Phi) is 4.96. The number of hydrogen-bond donors (Lipinski definition) is 2. The van der Waals surface area contributed by atoms with Crippen LogP contribution in [0.1, 0.15) is 36.1 Å². The van der Waals surface area contributed by atoms with Gasteiger partial charge in [-0.1, -0.05) is 22.0 Å². The van der Waals surface area contributed by atoms with Gasteiger partial charge in [-0.15, -0.1) is 0 Å². The number of ether oxygens (including phenoxy) is 1. The SMILES string of the molecule is CC(CN)(NC(=O)c1ccc(COc2cccc(Br)c2)o1)C1CC1. The Balaban J connectivity index is 1.59. The van der Waals surface area contributed by atoms with E-state index in [1.807, 2.05) is 31.2 Å². The van der Waals surface area contributed by atoms with Crippen LogP contribution >= 0.6 is 15.9 Å². The van der Waals surface area contributed by atoms with Crippen LogP contribution in [0.15, 0.2) is 45.3 Å². The van der Waals surface area contributed by atoms with Crippen molar-refractivity contribution in [3.63, 3.8) is 0 Å². The van der Waals surface area contributed by atoms with Gasteiger partial charge in [0.2, 0.25) is 0 Å². The van der Waals surface area contributed by atoms with E-state index in [1.54, 1.807) is 12.1 Å². The van der Waals surface area contributed by atoms with Crippen molar-refractivity contribution in [2.45, 2.75) is 31.9 Å². The molecule has 1 aliphatic rings. The molecule has 1 unspecified atom stereocenters. The Hall–Kier alpha value is -1.79. The van der Waals surface area contributed by atoms with Gasteiger partial charge in [0.25, 0.3) is 5.91 Å². The first-order valence-corrected chi connectivity index (χ1v) is 8.79. The summed E-state index contributed by atoms with van der Waals surface area (Å²) in [6.07, 6.45) is 2.22. The standard InChI is InChI=1S/C18H21BrN2O3/c1-18(11-20,12-5-6-12)21-17(22)16-8-7-15(24-16)10-23-14-4-2-3-13(19)9-14/h2-4,7-9,12H,5-6,10-11,20H2,1H3,(H,21,22). The molecule has 1 aromatic carbocycles. The summed E-state index contributed by atoms with van der Waals surface area (Å²) in [7, 11) is 0. The number of amides is 1. The Labute approximate surface area is 149 Å². The van der Waals surface area contributed by atoms with E-state index in [4.69, 9.17) is 14.9 Å². The zero-order valence-corrected chi connectivity index (χ0v) is 15.1. The fourth-order valence-corrected chi connectivity index (χ4v) is 3.03. The molecule has 1 aliphatic carbocycles. The molecule has 1 amide bonds. The molecule has 24 heavy (non-hydrogen) atoms. The summed E-state index contributed by atoms with van der Waals surface area (Å²) in [4.78, 5) is 12.4. The number of nitrogens with one attached hydrogen (secondary N) is 1. The second-order valence-electron chi connectivity index (χ2n) is 6.36. The number of benzene rings is 1. The molecule has 1 fully saturated rings. The Bertz CT molecular complexity index is 727. The first-order chi connectivity index (χ1) is 11.5. The molecule has 128 valence electrons. The van der Waals surface area contributed by atoms with Crippen LogP contribution in [0, 0.1) is 5.92 Å². The lowest BCUT2D eigenvalue weighted by Crippen LogP contribution is -2.53. The minimum atomic E-state index is -0.364. The molecule has 3 N–H and O–H groups in total. The van der Waals surface area contributed by atoms with Crippen LogP contribution in [-0.2, 0) is 6.61 Å². The molecule has 0 saturated heterocycles. The Morgan fingerprint density at radius 3 is 2.88 bits per heavy atom. The highest BCUT2D eigenvalue weighted by molar-refractivity contribution is 9.10. The van der Waals surface area contributed by atoms with E-state index < -0.39 is 0 Å². The molecule has 1 saturated carbocycles. The summed E-state index contributed by atoms with van der Waals surface area (Å²) in [5, 5.41) is 3.01. The maximum Gasteiger partial charge on any atom is 0.287 e. The molecule has 3 rings (SSSR count). The van der Waals surface area contributed by atoms with E-state index in [2.05, 4.69) is 21.2 Å². The van der Waals surface area contributed by atoms with Gasteiger partial charge >= 0.3 is 0 Å². The number of carbonyl (C=O) groups excluding carboxylic acids is 1. The van der Waals surface area contributed by atoms with E-state index in [-0.39, 0.29) is 23.8 Å². The molecular weight excluding hydrogens is 372 g/mol. The minimum Gasteiger partial charge on any atom is -0.486 e. The lowest BCUT2D eigenvalue weighted by molar-refractivity contribution is 0.0865. The van der Waals surface area contributed by atoms with Gasteiger partial charge in [0.1, 0.15) is 18.1 Å². The van der Waals surface area contributed by atoms with Crippen molar-refractivity contribution in [3.8, 4) is 5.75 Å². The van der Waals surface area contributed by atoms with Crippen molar-refractivity contribution in [2.24, 2.45) is 11.7 Å². The van der Waals surface area contributed by atoms with Crippen LogP contribution in [0.5, 0.6) is 5.75 Å². The third kappa shape index (κ3) is 3.99. The van der Waals surface area contributed by atoms with E-state index >= 15 is 0 Å². The third-order valence-corrected chi connectivity index (χ3v) is 4.86. The number of halogens is 1. The molecule has 1 aromatic heterocycles. The monoisotopic (exact) mass is 392 g/mol. The topological polar surface area (TPSA) is 77.5 Å². The van der Waals surface area contributed by atoms with Crippen molar-refractivity contribution in [1.29, 1.82) is 0 Å². The maximum atomic E-state index is 12.4. The summed E-state index contributed by atoms with van der Waals surface area (Å²) in [6, 6.07) is 11.0. The highest BCUT2D eigenvalue weighted by atomic mass is 79.9. The van der Waals surface area contributed by atoms with Gasteiger partial charge in [-0.3, -0.25) is 4.79 Å². The van der Waals surface area contributed by atoms with Gasteiger partial charge in [0.05, 0.1) is 5.54 Å². The number of furan rings is 1. The Morgan fingerprint density at radius 2 is 2.21 bits per heavy atom. The van der Waals surface area contributed by atoms with Crippen molar-refractivity contribution in [2.75, 3.05) is 6.54 Å². The van der Waals surface area contributed by atoms with Crippen LogP contribution < -0.4 is 15.8 Å². The predicted octanol–water partition coefficient (Wildman–Crippen LogP) is 3.48. The van der Waals surface area contributed by atoms with E-state index in [0.717, 1.165) is 23.1 Å². The second-order valence-corrected chi connectivity index (χ2v) is 7.28. The number of carbonyl (C=O) groups is 1.